The van der Waals surface area contributed by atoms with Crippen LogP contribution in [-0.4, -0.2) is 23.2 Å². The van der Waals surface area contributed by atoms with Crippen molar-refractivity contribution in [3.63, 3.8) is 0 Å². The molecule has 1 aromatic heterocycles. The number of nitrogens with zero attached hydrogens (tertiary/aromatic N) is 1. The lowest BCUT2D eigenvalue weighted by Gasteiger charge is -2.11. The van der Waals surface area contributed by atoms with E-state index in [4.69, 9.17) is 16.3 Å². The standard InChI is InChI=1S/C20H18ClNO3/c1-11(2)12-4-6-17-14(8-12)15(20(23)24)10-18(22-17)13-5-7-19(25-3)16(21)9-13/h4-11H,1-3H3,(H,23,24). The van der Waals surface area contributed by atoms with Crippen LogP contribution >= 0.6 is 11.6 Å². The average Bonchev–Trinajstić information content (AvgIpc) is 2.59. The Morgan fingerprint density at radius 3 is 2.52 bits per heavy atom. The summed E-state index contributed by atoms with van der Waals surface area (Å²) in [5, 5.41) is 10.7. The zero-order chi connectivity index (χ0) is 18.1. The highest BCUT2D eigenvalue weighted by molar-refractivity contribution is 6.32. The third kappa shape index (κ3) is 3.30. The van der Waals surface area contributed by atoms with Crippen molar-refractivity contribution in [3.05, 3.63) is 58.6 Å². The van der Waals surface area contributed by atoms with Gasteiger partial charge >= 0.3 is 5.97 Å². The molecule has 0 aliphatic heterocycles. The summed E-state index contributed by atoms with van der Waals surface area (Å²) in [7, 11) is 1.55. The van der Waals surface area contributed by atoms with Crippen LogP contribution in [0, 0.1) is 0 Å². The quantitative estimate of drug-likeness (QED) is 0.682. The molecule has 4 nitrogen and oxygen atoms in total. The number of hydrogen-bond acceptors (Lipinski definition) is 3. The summed E-state index contributed by atoms with van der Waals surface area (Å²) in [4.78, 5) is 16.4. The molecular weight excluding hydrogens is 338 g/mol. The van der Waals surface area contributed by atoms with Gasteiger partial charge in [0.15, 0.2) is 0 Å². The highest BCUT2D eigenvalue weighted by Crippen LogP contribution is 2.32. The van der Waals surface area contributed by atoms with Gasteiger partial charge in [-0.05, 0) is 47.9 Å². The number of pyridine rings is 1. The molecule has 3 rings (SSSR count). The molecule has 25 heavy (non-hydrogen) atoms. The van der Waals surface area contributed by atoms with Gasteiger partial charge in [-0.2, -0.15) is 0 Å². The summed E-state index contributed by atoms with van der Waals surface area (Å²) in [5.41, 5.74) is 3.26. The number of carboxylic acid groups (broad SMARTS) is 1. The summed E-state index contributed by atoms with van der Waals surface area (Å²) in [6.45, 7) is 4.14. The molecule has 3 aromatic rings. The molecule has 0 fully saturated rings. The lowest BCUT2D eigenvalue weighted by atomic mass is 9.97. The molecule has 2 aromatic carbocycles. The van der Waals surface area contributed by atoms with Crippen molar-refractivity contribution in [3.8, 4) is 17.0 Å². The largest absolute Gasteiger partial charge is 0.495 e. The number of methoxy groups -OCH3 is 1. The fourth-order valence-electron chi connectivity index (χ4n) is 2.75. The maximum atomic E-state index is 11.8. The Kier molecular flexibility index (Phi) is 4.64. The Bertz CT molecular complexity index is 967. The molecule has 0 saturated heterocycles. The van der Waals surface area contributed by atoms with Gasteiger partial charge in [0.05, 0.1) is 28.9 Å². The highest BCUT2D eigenvalue weighted by atomic mass is 35.5. The molecule has 0 spiro atoms. The van der Waals surface area contributed by atoms with Crippen LogP contribution in [0.3, 0.4) is 0 Å². The summed E-state index contributed by atoms with van der Waals surface area (Å²) in [6.07, 6.45) is 0. The molecule has 0 atom stereocenters. The normalized spacial score (nSPS) is 11.1. The van der Waals surface area contributed by atoms with Gasteiger partial charge in [-0.1, -0.05) is 31.5 Å². The van der Waals surface area contributed by atoms with Gasteiger partial charge in [0, 0.05) is 10.9 Å². The van der Waals surface area contributed by atoms with Gasteiger partial charge in [0.1, 0.15) is 5.75 Å². The Hall–Kier alpha value is -2.59. The molecule has 0 amide bonds. The number of benzene rings is 2. The molecule has 1 heterocycles. The van der Waals surface area contributed by atoms with E-state index in [9.17, 15) is 9.90 Å². The van der Waals surface area contributed by atoms with E-state index in [2.05, 4.69) is 18.8 Å². The smallest absolute Gasteiger partial charge is 0.336 e. The van der Waals surface area contributed by atoms with Crippen molar-refractivity contribution in [2.24, 2.45) is 0 Å². The summed E-state index contributed by atoms with van der Waals surface area (Å²) >= 11 is 6.19. The van der Waals surface area contributed by atoms with Crippen molar-refractivity contribution >= 4 is 28.5 Å². The van der Waals surface area contributed by atoms with Crippen LogP contribution < -0.4 is 4.74 Å². The van der Waals surface area contributed by atoms with Crippen LogP contribution in [0.25, 0.3) is 22.2 Å². The van der Waals surface area contributed by atoms with Gasteiger partial charge in [0.25, 0.3) is 0 Å². The second kappa shape index (κ2) is 6.73. The number of fused-ring (bicyclic) bond motifs is 1. The van der Waals surface area contributed by atoms with E-state index in [-0.39, 0.29) is 5.56 Å². The highest BCUT2D eigenvalue weighted by Gasteiger charge is 2.15. The number of carbonyl (C=O) groups is 1. The van der Waals surface area contributed by atoms with Crippen molar-refractivity contribution in [2.75, 3.05) is 7.11 Å². The minimum absolute atomic E-state index is 0.231. The zero-order valence-corrected chi connectivity index (χ0v) is 15.0. The second-order valence-electron chi connectivity index (χ2n) is 6.14. The number of rotatable bonds is 4. The first-order valence-electron chi connectivity index (χ1n) is 7.92. The first kappa shape index (κ1) is 17.2. The van der Waals surface area contributed by atoms with E-state index in [0.717, 1.165) is 11.1 Å². The summed E-state index contributed by atoms with van der Waals surface area (Å²) in [6, 6.07) is 12.6. The molecule has 0 unspecified atom stereocenters. The van der Waals surface area contributed by atoms with Crippen LogP contribution in [0.1, 0.15) is 35.7 Å². The van der Waals surface area contributed by atoms with E-state index in [1.54, 1.807) is 25.3 Å². The van der Waals surface area contributed by atoms with Crippen LogP contribution in [0.4, 0.5) is 0 Å². The summed E-state index contributed by atoms with van der Waals surface area (Å²) in [5.74, 6) is -0.105. The van der Waals surface area contributed by atoms with Gasteiger partial charge in [-0.25, -0.2) is 9.78 Å². The molecule has 0 aliphatic rings. The number of aromatic nitrogens is 1. The molecule has 128 valence electrons. The fraction of sp³-hybridized carbons (Fsp3) is 0.200. The lowest BCUT2D eigenvalue weighted by Crippen LogP contribution is -2.01. The van der Waals surface area contributed by atoms with E-state index >= 15 is 0 Å². The maximum absolute atomic E-state index is 11.8. The third-order valence-corrected chi connectivity index (χ3v) is 4.47. The first-order valence-corrected chi connectivity index (χ1v) is 8.30. The Balaban J connectivity index is 2.22. The Morgan fingerprint density at radius 2 is 1.92 bits per heavy atom. The number of halogens is 1. The number of aromatic carboxylic acids is 1. The van der Waals surface area contributed by atoms with Gasteiger partial charge in [0.2, 0.25) is 0 Å². The zero-order valence-electron chi connectivity index (χ0n) is 14.2. The number of hydrogen-bond donors (Lipinski definition) is 1. The SMILES string of the molecule is COc1ccc(-c2cc(C(=O)O)c3cc(C(C)C)ccc3n2)cc1Cl. The minimum Gasteiger partial charge on any atom is -0.495 e. The number of carboxylic acids is 1. The van der Waals surface area contributed by atoms with Crippen molar-refractivity contribution in [1.29, 1.82) is 0 Å². The van der Waals surface area contributed by atoms with Crippen molar-refractivity contribution < 1.29 is 14.6 Å². The number of ether oxygens (including phenoxy) is 1. The molecule has 0 radical (unpaired) electrons. The molecule has 5 heteroatoms. The first-order chi connectivity index (χ1) is 11.9. The van der Waals surface area contributed by atoms with Crippen molar-refractivity contribution in [1.82, 2.24) is 4.98 Å². The van der Waals surface area contributed by atoms with E-state index in [1.165, 1.54) is 0 Å². The van der Waals surface area contributed by atoms with Crippen LogP contribution in [0.15, 0.2) is 42.5 Å². The van der Waals surface area contributed by atoms with Gasteiger partial charge < -0.3 is 9.84 Å². The monoisotopic (exact) mass is 355 g/mol. The lowest BCUT2D eigenvalue weighted by molar-refractivity contribution is 0.0699. The minimum atomic E-state index is -0.978. The van der Waals surface area contributed by atoms with E-state index in [1.807, 2.05) is 24.3 Å². The fourth-order valence-corrected chi connectivity index (χ4v) is 3.01. The predicted molar refractivity (Wildman–Crippen MR) is 99.8 cm³/mol. The molecule has 1 N–H and O–H groups in total. The molecule has 0 bridgehead atoms. The van der Waals surface area contributed by atoms with Crippen molar-refractivity contribution in [2.45, 2.75) is 19.8 Å². The summed E-state index contributed by atoms with van der Waals surface area (Å²) < 4.78 is 5.16. The van der Waals surface area contributed by atoms with Gasteiger partial charge in [-0.3, -0.25) is 0 Å². The molecule has 0 saturated carbocycles. The predicted octanol–water partition coefficient (Wildman–Crippen LogP) is 5.39. The topological polar surface area (TPSA) is 59.4 Å². The Morgan fingerprint density at radius 1 is 1.16 bits per heavy atom. The van der Waals surface area contributed by atoms with E-state index < -0.39 is 5.97 Å². The van der Waals surface area contributed by atoms with Gasteiger partial charge in [-0.15, -0.1) is 0 Å². The third-order valence-electron chi connectivity index (χ3n) is 4.18. The van der Waals surface area contributed by atoms with Crippen LogP contribution in [0.5, 0.6) is 5.75 Å². The molecular formula is C20H18ClNO3. The second-order valence-corrected chi connectivity index (χ2v) is 6.55. The van der Waals surface area contributed by atoms with E-state index in [0.29, 0.717) is 33.3 Å². The molecule has 0 aliphatic carbocycles. The Labute approximate surface area is 151 Å². The van der Waals surface area contributed by atoms with Crippen LogP contribution in [0.2, 0.25) is 5.02 Å². The average molecular weight is 356 g/mol. The van der Waals surface area contributed by atoms with Crippen LogP contribution in [-0.2, 0) is 0 Å². The maximum Gasteiger partial charge on any atom is 0.336 e.